The Kier molecular flexibility index (Phi) is 2.89. The molecule has 0 aliphatic heterocycles. The van der Waals surface area contributed by atoms with Gasteiger partial charge in [-0.15, -0.1) is 11.3 Å². The van der Waals surface area contributed by atoms with E-state index in [4.69, 9.17) is 11.6 Å². The van der Waals surface area contributed by atoms with Gasteiger partial charge in [0, 0.05) is 18.1 Å². The lowest BCUT2D eigenvalue weighted by atomic mass is 10.3. The van der Waals surface area contributed by atoms with E-state index in [-0.39, 0.29) is 10.2 Å². The first-order valence-corrected chi connectivity index (χ1v) is 8.34. The van der Waals surface area contributed by atoms with E-state index in [1.165, 1.54) is 15.7 Å². The molecule has 1 saturated carbocycles. The number of sulfonamides is 1. The van der Waals surface area contributed by atoms with Gasteiger partial charge in [0.25, 0.3) is 10.0 Å². The molecule has 1 aliphatic rings. The molecule has 1 fully saturated rings. The van der Waals surface area contributed by atoms with Crippen LogP contribution in [-0.4, -0.2) is 24.3 Å². The van der Waals surface area contributed by atoms with Gasteiger partial charge in [-0.3, -0.25) is 4.40 Å². The third kappa shape index (κ3) is 2.05. The van der Waals surface area contributed by atoms with Crippen LogP contribution >= 0.6 is 22.9 Å². The highest BCUT2D eigenvalue weighted by Gasteiger charge is 2.34. The molecule has 2 unspecified atom stereocenters. The predicted octanol–water partition coefficient (Wildman–Crippen LogP) is 1.98. The van der Waals surface area contributed by atoms with Crippen molar-refractivity contribution in [2.75, 3.05) is 6.54 Å². The second-order valence-electron chi connectivity index (χ2n) is 4.59. The number of rotatable bonds is 4. The molecule has 3 rings (SSSR count). The van der Waals surface area contributed by atoms with Gasteiger partial charge in [-0.05, 0) is 18.3 Å². The summed E-state index contributed by atoms with van der Waals surface area (Å²) in [5.41, 5.74) is 0. The van der Waals surface area contributed by atoms with E-state index < -0.39 is 10.0 Å². The highest BCUT2D eigenvalue weighted by molar-refractivity contribution is 7.89. The van der Waals surface area contributed by atoms with E-state index in [9.17, 15) is 8.42 Å². The number of nitrogens with one attached hydrogen (secondary N) is 1. The summed E-state index contributed by atoms with van der Waals surface area (Å²) in [5, 5.41) is 1.84. The fourth-order valence-corrected chi connectivity index (χ4v) is 4.49. The van der Waals surface area contributed by atoms with E-state index in [1.807, 2.05) is 0 Å². The lowest BCUT2D eigenvalue weighted by molar-refractivity contribution is 0.570. The molecular formula is C10H12ClN3O2S2. The van der Waals surface area contributed by atoms with Crippen LogP contribution in [-0.2, 0) is 10.0 Å². The SMILES string of the molecule is CC1CC1CNS(=O)(=O)c1c(Cl)nc2sccn12. The van der Waals surface area contributed by atoms with Crippen molar-refractivity contribution in [2.24, 2.45) is 11.8 Å². The van der Waals surface area contributed by atoms with Crippen LogP contribution in [0.15, 0.2) is 16.6 Å². The molecule has 0 amide bonds. The summed E-state index contributed by atoms with van der Waals surface area (Å²) < 4.78 is 28.5. The molecule has 98 valence electrons. The summed E-state index contributed by atoms with van der Waals surface area (Å²) >= 11 is 7.26. The maximum absolute atomic E-state index is 12.2. The number of fused-ring (bicyclic) bond motifs is 1. The molecule has 0 bridgehead atoms. The van der Waals surface area contributed by atoms with E-state index in [0.29, 0.717) is 23.3 Å². The van der Waals surface area contributed by atoms with Crippen LogP contribution < -0.4 is 4.72 Å². The number of imidazole rings is 1. The third-order valence-electron chi connectivity index (χ3n) is 3.24. The summed E-state index contributed by atoms with van der Waals surface area (Å²) in [4.78, 5) is 4.61. The Morgan fingerprint density at radius 2 is 2.39 bits per heavy atom. The number of halogens is 1. The molecule has 0 aromatic carbocycles. The first-order chi connectivity index (χ1) is 8.49. The van der Waals surface area contributed by atoms with Gasteiger partial charge < -0.3 is 0 Å². The van der Waals surface area contributed by atoms with Crippen molar-refractivity contribution in [3.63, 3.8) is 0 Å². The van der Waals surface area contributed by atoms with Gasteiger partial charge in [0.2, 0.25) is 0 Å². The molecule has 1 aliphatic carbocycles. The van der Waals surface area contributed by atoms with E-state index in [2.05, 4.69) is 16.6 Å². The Balaban J connectivity index is 1.92. The molecule has 0 saturated heterocycles. The average molecular weight is 306 g/mol. The summed E-state index contributed by atoms with van der Waals surface area (Å²) in [5.74, 6) is 1.05. The van der Waals surface area contributed by atoms with Crippen molar-refractivity contribution >= 4 is 37.9 Å². The molecule has 18 heavy (non-hydrogen) atoms. The van der Waals surface area contributed by atoms with Crippen LogP contribution in [0.25, 0.3) is 4.96 Å². The zero-order chi connectivity index (χ0) is 12.9. The van der Waals surface area contributed by atoms with Crippen LogP contribution in [0, 0.1) is 11.8 Å². The second-order valence-corrected chi connectivity index (χ2v) is 7.50. The van der Waals surface area contributed by atoms with Crippen LogP contribution in [0.5, 0.6) is 0 Å². The molecule has 2 heterocycles. The number of hydrogen-bond donors (Lipinski definition) is 1. The Labute approximate surface area is 114 Å². The first kappa shape index (κ1) is 12.4. The van der Waals surface area contributed by atoms with E-state index >= 15 is 0 Å². The Bertz CT molecular complexity index is 691. The molecule has 0 radical (unpaired) electrons. The van der Waals surface area contributed by atoms with Crippen LogP contribution in [0.1, 0.15) is 13.3 Å². The zero-order valence-corrected chi connectivity index (χ0v) is 12.0. The molecule has 2 aromatic heterocycles. The van der Waals surface area contributed by atoms with Gasteiger partial charge in [0.05, 0.1) is 0 Å². The van der Waals surface area contributed by atoms with Crippen molar-refractivity contribution in [1.29, 1.82) is 0 Å². The van der Waals surface area contributed by atoms with E-state index in [0.717, 1.165) is 6.42 Å². The zero-order valence-electron chi connectivity index (χ0n) is 9.63. The number of thiazole rings is 1. The fourth-order valence-electron chi connectivity index (χ4n) is 1.95. The van der Waals surface area contributed by atoms with Gasteiger partial charge in [-0.1, -0.05) is 18.5 Å². The van der Waals surface area contributed by atoms with Crippen molar-refractivity contribution < 1.29 is 8.42 Å². The van der Waals surface area contributed by atoms with Crippen molar-refractivity contribution in [1.82, 2.24) is 14.1 Å². The summed E-state index contributed by atoms with van der Waals surface area (Å²) in [6, 6.07) is 0. The second kappa shape index (κ2) is 4.19. The van der Waals surface area contributed by atoms with Crippen LogP contribution in [0.2, 0.25) is 5.15 Å². The highest BCUT2D eigenvalue weighted by Crippen LogP contribution is 2.37. The summed E-state index contributed by atoms with van der Waals surface area (Å²) in [7, 11) is -3.60. The minimum atomic E-state index is -3.60. The van der Waals surface area contributed by atoms with Crippen molar-refractivity contribution in [3.8, 4) is 0 Å². The lowest BCUT2D eigenvalue weighted by Crippen LogP contribution is -2.27. The van der Waals surface area contributed by atoms with E-state index in [1.54, 1.807) is 11.6 Å². The molecule has 1 N–H and O–H groups in total. The standard InChI is InChI=1S/C10H12ClN3O2S2/c1-6-4-7(6)5-12-18(15,16)9-8(11)13-10-14(9)2-3-17-10/h2-3,6-7,12H,4-5H2,1H3. The normalized spacial score (nSPS) is 23.7. The molecule has 5 nitrogen and oxygen atoms in total. The lowest BCUT2D eigenvalue weighted by Gasteiger charge is -2.05. The van der Waals surface area contributed by atoms with Gasteiger partial charge in [0.15, 0.2) is 15.1 Å². The molecular weight excluding hydrogens is 294 g/mol. The fraction of sp³-hybridized carbons (Fsp3) is 0.500. The third-order valence-corrected chi connectivity index (χ3v) is 5.82. The summed E-state index contributed by atoms with van der Waals surface area (Å²) in [6.45, 7) is 2.58. The largest absolute Gasteiger partial charge is 0.279 e. The minimum Gasteiger partial charge on any atom is -0.279 e. The Hall–Kier alpha value is -0.630. The van der Waals surface area contributed by atoms with Crippen molar-refractivity contribution in [3.05, 3.63) is 16.7 Å². The maximum atomic E-state index is 12.2. The monoisotopic (exact) mass is 305 g/mol. The number of nitrogens with zero attached hydrogens (tertiary/aromatic N) is 2. The predicted molar refractivity (Wildman–Crippen MR) is 70.5 cm³/mol. The Morgan fingerprint density at radius 1 is 1.67 bits per heavy atom. The smallest absolute Gasteiger partial charge is 0.259 e. The minimum absolute atomic E-state index is 0.0261. The molecule has 2 aromatic rings. The summed E-state index contributed by atoms with van der Waals surface area (Å²) in [6.07, 6.45) is 2.74. The van der Waals surface area contributed by atoms with Gasteiger partial charge in [-0.2, -0.15) is 0 Å². The quantitative estimate of drug-likeness (QED) is 0.939. The average Bonchev–Trinajstić information content (AvgIpc) is 2.68. The van der Waals surface area contributed by atoms with Gasteiger partial charge in [0.1, 0.15) is 0 Å². The molecule has 2 atom stereocenters. The number of aromatic nitrogens is 2. The molecule has 8 heteroatoms. The number of hydrogen-bond acceptors (Lipinski definition) is 4. The van der Waals surface area contributed by atoms with Crippen LogP contribution in [0.3, 0.4) is 0 Å². The maximum Gasteiger partial charge on any atom is 0.259 e. The first-order valence-electron chi connectivity index (χ1n) is 5.60. The van der Waals surface area contributed by atoms with Gasteiger partial charge in [-0.25, -0.2) is 18.1 Å². The topological polar surface area (TPSA) is 63.5 Å². The Morgan fingerprint density at radius 3 is 3.06 bits per heavy atom. The van der Waals surface area contributed by atoms with Crippen molar-refractivity contribution in [2.45, 2.75) is 18.4 Å². The highest BCUT2D eigenvalue weighted by atomic mass is 35.5. The van der Waals surface area contributed by atoms with Crippen LogP contribution in [0.4, 0.5) is 0 Å². The van der Waals surface area contributed by atoms with Gasteiger partial charge >= 0.3 is 0 Å². The molecule has 0 spiro atoms.